The number of hydrogen-bond acceptors (Lipinski definition) is 5. The van der Waals surface area contributed by atoms with Gasteiger partial charge in [0.2, 0.25) is 5.91 Å². The molecule has 1 aromatic carbocycles. The number of carbonyl (C=O) groups is 3. The predicted octanol–water partition coefficient (Wildman–Crippen LogP) is 0.432. The highest BCUT2D eigenvalue weighted by atomic mass is 32.2. The summed E-state index contributed by atoms with van der Waals surface area (Å²) in [6.07, 6.45) is 0.0456. The van der Waals surface area contributed by atoms with Crippen LogP contribution in [0.2, 0.25) is 0 Å². The molecule has 3 amide bonds. The Hall–Kier alpha value is -2.55. The lowest BCUT2D eigenvalue weighted by atomic mass is 10.3. The van der Waals surface area contributed by atoms with Gasteiger partial charge in [0.15, 0.2) is 0 Å². The molecule has 1 saturated heterocycles. The second-order valence-corrected chi connectivity index (χ2v) is 6.43. The normalized spacial score (nSPS) is 14.2. The van der Waals surface area contributed by atoms with Crippen LogP contribution in [0.1, 0.15) is 5.82 Å². The highest BCUT2D eigenvalue weighted by molar-refractivity contribution is 8.13. The molecule has 1 aliphatic rings. The Morgan fingerprint density at radius 2 is 2.00 bits per heavy atom. The molecular formula is C15H17N5O3S. The lowest BCUT2D eigenvalue weighted by molar-refractivity contribution is -0.128. The molecule has 126 valence electrons. The lowest BCUT2D eigenvalue weighted by Crippen LogP contribution is -2.47. The van der Waals surface area contributed by atoms with E-state index in [-0.39, 0.29) is 24.1 Å². The second kappa shape index (κ2) is 6.91. The van der Waals surface area contributed by atoms with E-state index in [1.807, 2.05) is 35.9 Å². The van der Waals surface area contributed by atoms with Crippen molar-refractivity contribution in [3.05, 3.63) is 30.1 Å². The molecular weight excluding hydrogens is 330 g/mol. The van der Waals surface area contributed by atoms with Gasteiger partial charge >= 0.3 is 0 Å². The molecule has 0 atom stereocenters. The minimum absolute atomic E-state index is 0.0456. The molecule has 2 aromatic rings. The topological polar surface area (TPSA) is 96.3 Å². The zero-order valence-corrected chi connectivity index (χ0v) is 13.9. The first kappa shape index (κ1) is 16.3. The molecule has 0 unspecified atom stereocenters. The Labute approximate surface area is 142 Å². The van der Waals surface area contributed by atoms with E-state index >= 15 is 0 Å². The number of hydrogen-bond donors (Lipinski definition) is 2. The van der Waals surface area contributed by atoms with Crippen LogP contribution < -0.4 is 10.9 Å². The maximum Gasteiger partial charge on any atom is 0.282 e. The number of benzene rings is 1. The molecule has 0 spiro atoms. The maximum atomic E-state index is 12.0. The number of imidazole rings is 1. The third-order valence-corrected chi connectivity index (χ3v) is 4.61. The highest BCUT2D eigenvalue weighted by Gasteiger charge is 2.23. The standard InChI is InChI=1S/C15H17N5O3S/c1-19-11-5-3-2-4-10(11)16-12(19)8-13(21)17-18-14(22)9-20-6-7-24-15(20)23/h2-5H,6-9H2,1H3,(H,17,21)(H,18,22). The Morgan fingerprint density at radius 1 is 1.25 bits per heavy atom. The minimum atomic E-state index is -0.427. The average Bonchev–Trinajstić information content (AvgIpc) is 3.10. The first-order chi connectivity index (χ1) is 11.5. The van der Waals surface area contributed by atoms with Gasteiger partial charge in [-0.25, -0.2) is 4.98 Å². The van der Waals surface area contributed by atoms with Gasteiger partial charge in [-0.15, -0.1) is 0 Å². The number of rotatable bonds is 4. The number of thioether (sulfide) groups is 1. The third-order valence-electron chi connectivity index (χ3n) is 3.72. The van der Waals surface area contributed by atoms with E-state index in [1.165, 1.54) is 16.7 Å². The van der Waals surface area contributed by atoms with Crippen LogP contribution >= 0.6 is 11.8 Å². The zero-order valence-electron chi connectivity index (χ0n) is 13.1. The van der Waals surface area contributed by atoms with Gasteiger partial charge in [0.25, 0.3) is 11.1 Å². The summed E-state index contributed by atoms with van der Waals surface area (Å²) in [5, 5.41) is -0.115. The van der Waals surface area contributed by atoms with Crippen LogP contribution in [-0.2, 0) is 23.1 Å². The number of fused-ring (bicyclic) bond motifs is 1. The molecule has 8 nitrogen and oxygen atoms in total. The second-order valence-electron chi connectivity index (χ2n) is 5.38. The molecule has 2 N–H and O–H groups in total. The van der Waals surface area contributed by atoms with Gasteiger partial charge < -0.3 is 9.47 Å². The molecule has 0 aliphatic carbocycles. The van der Waals surface area contributed by atoms with Gasteiger partial charge in [-0.2, -0.15) is 0 Å². The van der Waals surface area contributed by atoms with Crippen LogP contribution in [0.15, 0.2) is 24.3 Å². The number of aromatic nitrogens is 2. The molecule has 9 heteroatoms. The number of nitrogens with zero attached hydrogens (tertiary/aromatic N) is 3. The van der Waals surface area contributed by atoms with E-state index in [2.05, 4.69) is 15.8 Å². The molecule has 2 heterocycles. The van der Waals surface area contributed by atoms with E-state index in [9.17, 15) is 14.4 Å². The van der Waals surface area contributed by atoms with Crippen molar-refractivity contribution in [2.24, 2.45) is 7.05 Å². The van der Waals surface area contributed by atoms with Crippen molar-refractivity contribution >= 4 is 39.8 Å². The van der Waals surface area contributed by atoms with Crippen LogP contribution in [0.3, 0.4) is 0 Å². The van der Waals surface area contributed by atoms with Crippen LogP contribution in [0.5, 0.6) is 0 Å². The molecule has 0 saturated carbocycles. The van der Waals surface area contributed by atoms with Gasteiger partial charge in [-0.3, -0.25) is 25.2 Å². The Balaban J connectivity index is 1.52. The fourth-order valence-corrected chi connectivity index (χ4v) is 3.29. The van der Waals surface area contributed by atoms with E-state index < -0.39 is 5.91 Å². The summed E-state index contributed by atoms with van der Waals surface area (Å²) < 4.78 is 1.84. The summed E-state index contributed by atoms with van der Waals surface area (Å²) >= 11 is 1.19. The SMILES string of the molecule is Cn1c(CC(=O)NNC(=O)CN2CCSC2=O)nc2ccccc21. The van der Waals surface area contributed by atoms with Crippen LogP contribution in [0, 0.1) is 0 Å². The molecule has 0 radical (unpaired) electrons. The summed E-state index contributed by atoms with van der Waals surface area (Å²) in [6.45, 7) is 0.489. The van der Waals surface area contributed by atoms with E-state index in [0.29, 0.717) is 18.1 Å². The quantitative estimate of drug-likeness (QED) is 0.782. The van der Waals surface area contributed by atoms with Crippen molar-refractivity contribution in [3.8, 4) is 0 Å². The van der Waals surface area contributed by atoms with Crippen LogP contribution in [-0.4, -0.2) is 50.3 Å². The molecule has 0 bridgehead atoms. The smallest absolute Gasteiger partial charge is 0.282 e. The van der Waals surface area contributed by atoms with Crippen molar-refractivity contribution in [3.63, 3.8) is 0 Å². The first-order valence-corrected chi connectivity index (χ1v) is 8.43. The van der Waals surface area contributed by atoms with Crippen molar-refractivity contribution in [2.75, 3.05) is 18.8 Å². The highest BCUT2D eigenvalue weighted by Crippen LogP contribution is 2.16. The van der Waals surface area contributed by atoms with Crippen molar-refractivity contribution in [2.45, 2.75) is 6.42 Å². The fraction of sp³-hybridized carbons (Fsp3) is 0.333. The Morgan fingerprint density at radius 3 is 2.71 bits per heavy atom. The zero-order chi connectivity index (χ0) is 17.1. The number of nitrogens with one attached hydrogen (secondary N) is 2. The van der Waals surface area contributed by atoms with Gasteiger partial charge in [0, 0.05) is 19.3 Å². The monoisotopic (exact) mass is 347 g/mol. The molecule has 1 aliphatic heterocycles. The first-order valence-electron chi connectivity index (χ1n) is 7.44. The van der Waals surface area contributed by atoms with Gasteiger partial charge in [-0.05, 0) is 12.1 Å². The van der Waals surface area contributed by atoms with Crippen molar-refractivity contribution in [1.82, 2.24) is 25.3 Å². The van der Waals surface area contributed by atoms with Crippen molar-refractivity contribution < 1.29 is 14.4 Å². The van der Waals surface area contributed by atoms with Gasteiger partial charge in [0.05, 0.1) is 17.5 Å². The van der Waals surface area contributed by atoms with Gasteiger partial charge in [-0.1, -0.05) is 23.9 Å². The average molecular weight is 347 g/mol. The van der Waals surface area contributed by atoms with E-state index in [0.717, 1.165) is 11.0 Å². The number of amides is 3. The molecule has 1 fully saturated rings. The summed E-state index contributed by atoms with van der Waals surface area (Å²) in [4.78, 5) is 41.0. The number of hydrazine groups is 1. The third kappa shape index (κ3) is 3.51. The van der Waals surface area contributed by atoms with E-state index in [1.54, 1.807) is 0 Å². The largest absolute Gasteiger partial charge is 0.331 e. The number of carbonyl (C=O) groups excluding carboxylic acids is 3. The number of para-hydroxylation sites is 2. The van der Waals surface area contributed by atoms with Crippen molar-refractivity contribution in [1.29, 1.82) is 0 Å². The summed E-state index contributed by atoms with van der Waals surface area (Å²) in [6, 6.07) is 7.60. The van der Waals surface area contributed by atoms with Crippen LogP contribution in [0.4, 0.5) is 4.79 Å². The Kier molecular flexibility index (Phi) is 4.70. The number of aryl methyl sites for hydroxylation is 1. The van der Waals surface area contributed by atoms with Crippen LogP contribution in [0.25, 0.3) is 11.0 Å². The Bertz CT molecular complexity index is 804. The maximum absolute atomic E-state index is 12.0. The summed E-state index contributed by atoms with van der Waals surface area (Å²) in [5.74, 6) is 0.493. The molecule has 3 rings (SSSR count). The summed E-state index contributed by atoms with van der Waals surface area (Å²) in [5.41, 5.74) is 6.44. The molecule has 24 heavy (non-hydrogen) atoms. The lowest BCUT2D eigenvalue weighted by Gasteiger charge is -2.14. The van der Waals surface area contributed by atoms with E-state index in [4.69, 9.17) is 0 Å². The van der Waals surface area contributed by atoms with Gasteiger partial charge in [0.1, 0.15) is 12.4 Å². The fourth-order valence-electron chi connectivity index (χ4n) is 2.46. The molecule has 1 aromatic heterocycles. The minimum Gasteiger partial charge on any atom is -0.331 e. The predicted molar refractivity (Wildman–Crippen MR) is 90.1 cm³/mol. The summed E-state index contributed by atoms with van der Waals surface area (Å²) in [7, 11) is 1.84.